The molecule has 0 radical (unpaired) electrons. The Kier molecular flexibility index (Phi) is 4.10. The minimum atomic E-state index is -0.179. The standard InChI is InChI=1S/C19H24N4O/c1-14(19(24)23-11-8-15-5-2-3-7-17(15)23)21-13-16-6-4-10-22-12-9-20-18(16)22/h2-3,5,7,9,12,14,16,21H,4,6,8,10-11,13H2,1H3/t14-,16-/m1/s1. The average molecular weight is 324 g/mol. The van der Waals surface area contributed by atoms with Crippen LogP contribution >= 0.6 is 0 Å². The van der Waals surface area contributed by atoms with E-state index in [1.54, 1.807) is 0 Å². The topological polar surface area (TPSA) is 50.2 Å². The summed E-state index contributed by atoms with van der Waals surface area (Å²) in [5.74, 6) is 1.72. The summed E-state index contributed by atoms with van der Waals surface area (Å²) in [5.41, 5.74) is 2.34. The van der Waals surface area contributed by atoms with Crippen molar-refractivity contribution in [3.05, 3.63) is 48.0 Å². The summed E-state index contributed by atoms with van der Waals surface area (Å²) in [6.07, 6.45) is 7.20. The molecular formula is C19H24N4O. The molecule has 0 saturated carbocycles. The summed E-state index contributed by atoms with van der Waals surface area (Å²) in [5, 5.41) is 3.45. The lowest BCUT2D eigenvalue weighted by atomic mass is 9.98. The Morgan fingerprint density at radius 1 is 1.38 bits per heavy atom. The van der Waals surface area contributed by atoms with Crippen LogP contribution in [0.15, 0.2) is 36.7 Å². The van der Waals surface area contributed by atoms with Crippen molar-refractivity contribution >= 4 is 11.6 Å². The molecule has 0 fully saturated rings. The van der Waals surface area contributed by atoms with Crippen molar-refractivity contribution in [1.82, 2.24) is 14.9 Å². The van der Waals surface area contributed by atoms with Crippen LogP contribution in [0, 0.1) is 0 Å². The number of hydrogen-bond acceptors (Lipinski definition) is 3. The van der Waals surface area contributed by atoms with Gasteiger partial charge >= 0.3 is 0 Å². The number of para-hydroxylation sites is 1. The number of aromatic nitrogens is 2. The van der Waals surface area contributed by atoms with E-state index < -0.39 is 0 Å². The fourth-order valence-electron chi connectivity index (χ4n) is 3.91. The Balaban J connectivity index is 1.39. The van der Waals surface area contributed by atoms with Gasteiger partial charge in [-0.1, -0.05) is 18.2 Å². The van der Waals surface area contributed by atoms with Crippen molar-refractivity contribution in [2.45, 2.75) is 44.7 Å². The van der Waals surface area contributed by atoms with Crippen molar-refractivity contribution in [2.75, 3.05) is 18.0 Å². The molecule has 1 aromatic heterocycles. The third-order valence-electron chi connectivity index (χ3n) is 5.26. The number of rotatable bonds is 4. The van der Waals surface area contributed by atoms with E-state index in [4.69, 9.17) is 0 Å². The third-order valence-corrected chi connectivity index (χ3v) is 5.26. The van der Waals surface area contributed by atoms with Gasteiger partial charge in [-0.15, -0.1) is 0 Å². The van der Waals surface area contributed by atoms with Gasteiger partial charge in [0.15, 0.2) is 0 Å². The van der Waals surface area contributed by atoms with Gasteiger partial charge in [-0.3, -0.25) is 4.79 Å². The van der Waals surface area contributed by atoms with Crippen molar-refractivity contribution in [2.24, 2.45) is 0 Å². The molecule has 5 heteroatoms. The summed E-state index contributed by atoms with van der Waals surface area (Å²) in [4.78, 5) is 19.2. The number of nitrogens with one attached hydrogen (secondary N) is 1. The SMILES string of the molecule is C[C@@H](NC[C@H]1CCCn2ccnc21)C(=O)N1CCc2ccccc21. The number of benzene rings is 1. The van der Waals surface area contributed by atoms with Crippen LogP contribution in [0.1, 0.15) is 37.1 Å². The first-order valence-electron chi connectivity index (χ1n) is 8.88. The zero-order valence-electron chi connectivity index (χ0n) is 14.1. The molecule has 0 aliphatic carbocycles. The molecule has 1 amide bonds. The molecule has 2 aliphatic rings. The van der Waals surface area contributed by atoms with Crippen molar-refractivity contribution in [3.8, 4) is 0 Å². The maximum Gasteiger partial charge on any atom is 0.243 e. The Morgan fingerprint density at radius 3 is 3.17 bits per heavy atom. The highest BCUT2D eigenvalue weighted by Crippen LogP contribution is 2.28. The van der Waals surface area contributed by atoms with Crippen molar-refractivity contribution in [1.29, 1.82) is 0 Å². The molecule has 2 aliphatic heterocycles. The quantitative estimate of drug-likeness (QED) is 0.939. The Hall–Kier alpha value is -2.14. The van der Waals surface area contributed by atoms with E-state index >= 15 is 0 Å². The smallest absolute Gasteiger partial charge is 0.243 e. The van der Waals surface area contributed by atoms with E-state index in [1.165, 1.54) is 12.0 Å². The zero-order valence-corrected chi connectivity index (χ0v) is 14.1. The van der Waals surface area contributed by atoms with Crippen LogP contribution in [-0.2, 0) is 17.8 Å². The second-order valence-corrected chi connectivity index (χ2v) is 6.82. The van der Waals surface area contributed by atoms with Gasteiger partial charge in [0.25, 0.3) is 0 Å². The fraction of sp³-hybridized carbons (Fsp3) is 0.474. The predicted octanol–water partition coefficient (Wildman–Crippen LogP) is 2.33. The number of aryl methyl sites for hydroxylation is 1. The number of anilines is 1. The first-order chi connectivity index (χ1) is 11.7. The van der Waals surface area contributed by atoms with Crippen molar-refractivity contribution < 1.29 is 4.79 Å². The van der Waals surface area contributed by atoms with Gasteiger partial charge < -0.3 is 14.8 Å². The third kappa shape index (κ3) is 2.73. The summed E-state index contributed by atoms with van der Waals surface area (Å²) in [7, 11) is 0. The average Bonchev–Trinajstić information content (AvgIpc) is 3.25. The second-order valence-electron chi connectivity index (χ2n) is 6.82. The number of hydrogen-bond donors (Lipinski definition) is 1. The van der Waals surface area contributed by atoms with Gasteiger partial charge in [0.1, 0.15) is 5.82 Å². The summed E-state index contributed by atoms with van der Waals surface area (Å²) in [6.45, 7) is 4.63. The van der Waals surface area contributed by atoms with Gasteiger partial charge in [0, 0.05) is 43.6 Å². The molecule has 0 spiro atoms. The Labute approximate surface area is 142 Å². The van der Waals surface area contributed by atoms with E-state index in [-0.39, 0.29) is 11.9 Å². The minimum absolute atomic E-state index is 0.166. The molecule has 3 heterocycles. The molecule has 0 saturated heterocycles. The normalized spacial score (nSPS) is 20.5. The molecule has 126 valence electrons. The van der Waals surface area contributed by atoms with Crippen LogP contribution in [0.2, 0.25) is 0 Å². The molecular weight excluding hydrogens is 300 g/mol. The fourth-order valence-corrected chi connectivity index (χ4v) is 3.91. The number of imidazole rings is 1. The number of carbonyl (C=O) groups is 1. The minimum Gasteiger partial charge on any atom is -0.335 e. The van der Waals surface area contributed by atoms with Gasteiger partial charge in [-0.2, -0.15) is 0 Å². The van der Waals surface area contributed by atoms with E-state index in [0.717, 1.165) is 44.0 Å². The Bertz CT molecular complexity index is 738. The van der Waals surface area contributed by atoms with Crippen LogP contribution in [0.25, 0.3) is 0 Å². The first-order valence-corrected chi connectivity index (χ1v) is 8.88. The summed E-state index contributed by atoms with van der Waals surface area (Å²) < 4.78 is 2.24. The van der Waals surface area contributed by atoms with Crippen LogP contribution in [0.3, 0.4) is 0 Å². The lowest BCUT2D eigenvalue weighted by Crippen LogP contribution is -2.45. The maximum atomic E-state index is 12.8. The van der Waals surface area contributed by atoms with Crippen LogP contribution < -0.4 is 10.2 Å². The Morgan fingerprint density at radius 2 is 2.25 bits per heavy atom. The predicted molar refractivity (Wildman–Crippen MR) is 94.2 cm³/mol. The molecule has 1 N–H and O–H groups in total. The van der Waals surface area contributed by atoms with Crippen LogP contribution in [0.4, 0.5) is 5.69 Å². The zero-order chi connectivity index (χ0) is 16.5. The lowest BCUT2D eigenvalue weighted by molar-refractivity contribution is -0.120. The van der Waals surface area contributed by atoms with Gasteiger partial charge in [0.2, 0.25) is 5.91 Å². The summed E-state index contributed by atoms with van der Waals surface area (Å²) in [6, 6.07) is 8.03. The molecule has 5 nitrogen and oxygen atoms in total. The number of carbonyl (C=O) groups excluding carboxylic acids is 1. The number of fused-ring (bicyclic) bond motifs is 2. The molecule has 2 atom stereocenters. The van der Waals surface area contributed by atoms with E-state index in [2.05, 4.69) is 27.1 Å². The van der Waals surface area contributed by atoms with E-state index in [9.17, 15) is 4.79 Å². The number of amides is 1. The highest BCUT2D eigenvalue weighted by Gasteiger charge is 2.28. The molecule has 24 heavy (non-hydrogen) atoms. The monoisotopic (exact) mass is 324 g/mol. The van der Waals surface area contributed by atoms with E-state index in [1.807, 2.05) is 36.2 Å². The molecule has 0 bridgehead atoms. The first kappa shape index (κ1) is 15.4. The van der Waals surface area contributed by atoms with Gasteiger partial charge in [-0.05, 0) is 37.8 Å². The maximum absolute atomic E-state index is 12.8. The largest absolute Gasteiger partial charge is 0.335 e. The highest BCUT2D eigenvalue weighted by atomic mass is 16.2. The summed E-state index contributed by atoms with van der Waals surface area (Å²) >= 11 is 0. The molecule has 2 aromatic rings. The molecule has 4 rings (SSSR count). The van der Waals surface area contributed by atoms with E-state index in [0.29, 0.717) is 5.92 Å². The second kappa shape index (κ2) is 6.40. The van der Waals surface area contributed by atoms with Crippen molar-refractivity contribution in [3.63, 3.8) is 0 Å². The molecule has 1 aromatic carbocycles. The van der Waals surface area contributed by atoms with Crippen LogP contribution in [0.5, 0.6) is 0 Å². The van der Waals surface area contributed by atoms with Crippen LogP contribution in [-0.4, -0.2) is 34.6 Å². The van der Waals surface area contributed by atoms with Gasteiger partial charge in [-0.25, -0.2) is 4.98 Å². The highest BCUT2D eigenvalue weighted by molar-refractivity contribution is 5.98. The molecule has 0 unspecified atom stereocenters. The van der Waals surface area contributed by atoms with Gasteiger partial charge in [0.05, 0.1) is 6.04 Å². The number of nitrogens with zero attached hydrogens (tertiary/aromatic N) is 3. The lowest BCUT2D eigenvalue weighted by Gasteiger charge is -2.27.